The average molecular weight is 260 g/mol. The number of aryl methyl sites for hydroxylation is 1. The van der Waals surface area contributed by atoms with E-state index in [1.165, 1.54) is 16.0 Å². The molecular formula is C15H20N2S. The van der Waals surface area contributed by atoms with Crippen LogP contribution in [0.5, 0.6) is 0 Å². The second kappa shape index (κ2) is 5.55. The molecule has 18 heavy (non-hydrogen) atoms. The van der Waals surface area contributed by atoms with Crippen molar-refractivity contribution in [1.82, 2.24) is 4.90 Å². The molecule has 0 radical (unpaired) electrons. The van der Waals surface area contributed by atoms with Gasteiger partial charge in [-0.1, -0.05) is 18.2 Å². The molecule has 0 bridgehead atoms. The molecule has 0 amide bonds. The number of anilines is 1. The van der Waals surface area contributed by atoms with Gasteiger partial charge in [-0.15, -0.1) is 11.3 Å². The molecule has 2 nitrogen and oxygen atoms in total. The van der Waals surface area contributed by atoms with Crippen molar-refractivity contribution in [2.45, 2.75) is 19.4 Å². The molecule has 0 spiro atoms. The van der Waals surface area contributed by atoms with E-state index in [1.54, 1.807) is 0 Å². The number of thiophene rings is 1. The standard InChI is InChI=1S/C15H20N2S/c1-11-8-9-18-15(11)14(17(2)3)10-12-6-4-5-7-13(12)16/h4-9,14H,10,16H2,1-3H3/t14-/m0/s1. The molecule has 0 aliphatic heterocycles. The lowest BCUT2D eigenvalue weighted by Crippen LogP contribution is -2.22. The van der Waals surface area contributed by atoms with Crippen LogP contribution in [0.15, 0.2) is 35.7 Å². The second-order valence-electron chi connectivity index (χ2n) is 4.85. The fourth-order valence-corrected chi connectivity index (χ4v) is 3.29. The molecule has 0 aliphatic carbocycles. The largest absolute Gasteiger partial charge is 0.399 e. The van der Waals surface area contributed by atoms with E-state index in [1.807, 2.05) is 23.5 Å². The topological polar surface area (TPSA) is 29.3 Å². The van der Waals surface area contributed by atoms with Gasteiger partial charge >= 0.3 is 0 Å². The predicted molar refractivity (Wildman–Crippen MR) is 80.0 cm³/mol. The molecule has 96 valence electrons. The van der Waals surface area contributed by atoms with E-state index in [9.17, 15) is 0 Å². The molecule has 1 atom stereocenters. The third-order valence-electron chi connectivity index (χ3n) is 3.30. The molecule has 0 fully saturated rings. The van der Waals surface area contributed by atoms with Crippen LogP contribution in [0, 0.1) is 6.92 Å². The molecule has 0 saturated carbocycles. The molecule has 0 saturated heterocycles. The van der Waals surface area contributed by atoms with Crippen LogP contribution < -0.4 is 5.73 Å². The van der Waals surface area contributed by atoms with Gasteiger partial charge in [0.2, 0.25) is 0 Å². The lowest BCUT2D eigenvalue weighted by Gasteiger charge is -2.25. The molecule has 1 aromatic carbocycles. The number of nitrogen functional groups attached to an aromatic ring is 1. The van der Waals surface area contributed by atoms with Gasteiger partial charge in [0, 0.05) is 16.6 Å². The highest BCUT2D eigenvalue weighted by molar-refractivity contribution is 7.10. The first-order valence-electron chi connectivity index (χ1n) is 6.13. The molecular weight excluding hydrogens is 240 g/mol. The summed E-state index contributed by atoms with van der Waals surface area (Å²) in [7, 11) is 4.26. The molecule has 2 rings (SSSR count). The number of hydrogen-bond acceptors (Lipinski definition) is 3. The summed E-state index contributed by atoms with van der Waals surface area (Å²) in [5, 5.41) is 2.16. The molecule has 1 aromatic heterocycles. The maximum absolute atomic E-state index is 6.05. The minimum atomic E-state index is 0.398. The number of likely N-dealkylation sites (N-methyl/N-ethyl adjacent to an activating group) is 1. The smallest absolute Gasteiger partial charge is 0.0479 e. The molecule has 2 aromatic rings. The van der Waals surface area contributed by atoms with Crippen LogP contribution in [0.3, 0.4) is 0 Å². The van der Waals surface area contributed by atoms with Crippen LogP contribution in [-0.2, 0) is 6.42 Å². The van der Waals surface area contributed by atoms with Crippen LogP contribution in [-0.4, -0.2) is 19.0 Å². The zero-order chi connectivity index (χ0) is 13.1. The van der Waals surface area contributed by atoms with Crippen LogP contribution in [0.4, 0.5) is 5.69 Å². The number of nitrogens with zero attached hydrogens (tertiary/aromatic N) is 1. The van der Waals surface area contributed by atoms with Gasteiger partial charge in [0.1, 0.15) is 0 Å². The SMILES string of the molecule is Cc1ccsc1[C@H](Cc1ccccc1N)N(C)C. The van der Waals surface area contributed by atoms with E-state index in [2.05, 4.69) is 49.5 Å². The number of para-hydroxylation sites is 1. The van der Waals surface area contributed by atoms with Crippen molar-refractivity contribution in [3.63, 3.8) is 0 Å². The molecule has 0 unspecified atom stereocenters. The quantitative estimate of drug-likeness (QED) is 0.853. The number of hydrogen-bond donors (Lipinski definition) is 1. The Hall–Kier alpha value is -1.32. The minimum Gasteiger partial charge on any atom is -0.399 e. The lowest BCUT2D eigenvalue weighted by atomic mass is 10.0. The summed E-state index contributed by atoms with van der Waals surface area (Å²) in [6.07, 6.45) is 0.959. The molecule has 3 heteroatoms. The molecule has 2 N–H and O–H groups in total. The third-order valence-corrected chi connectivity index (χ3v) is 4.42. The third kappa shape index (κ3) is 2.74. The van der Waals surface area contributed by atoms with Gasteiger partial charge in [0.25, 0.3) is 0 Å². The van der Waals surface area contributed by atoms with Gasteiger partial charge < -0.3 is 10.6 Å². The van der Waals surface area contributed by atoms with Gasteiger partial charge in [-0.25, -0.2) is 0 Å². The summed E-state index contributed by atoms with van der Waals surface area (Å²) in [4.78, 5) is 3.70. The van der Waals surface area contributed by atoms with Gasteiger partial charge in [-0.05, 0) is 56.1 Å². The first-order valence-corrected chi connectivity index (χ1v) is 7.01. The Bertz CT molecular complexity index is 517. The van der Waals surface area contributed by atoms with Crippen LogP contribution in [0.2, 0.25) is 0 Å². The monoisotopic (exact) mass is 260 g/mol. The Kier molecular flexibility index (Phi) is 4.04. The fourth-order valence-electron chi connectivity index (χ4n) is 2.16. The predicted octanol–water partition coefficient (Wildman–Crippen LogP) is 3.48. The highest BCUT2D eigenvalue weighted by atomic mass is 32.1. The Balaban J connectivity index is 2.28. The van der Waals surface area contributed by atoms with E-state index < -0.39 is 0 Å². The Morgan fingerprint density at radius 1 is 1.22 bits per heavy atom. The van der Waals surface area contributed by atoms with Crippen molar-refractivity contribution in [3.05, 3.63) is 51.7 Å². The van der Waals surface area contributed by atoms with Crippen LogP contribution >= 0.6 is 11.3 Å². The van der Waals surface area contributed by atoms with Crippen molar-refractivity contribution < 1.29 is 0 Å². The highest BCUT2D eigenvalue weighted by Gasteiger charge is 2.18. The minimum absolute atomic E-state index is 0.398. The maximum atomic E-state index is 6.05. The van der Waals surface area contributed by atoms with Crippen molar-refractivity contribution in [2.75, 3.05) is 19.8 Å². The first kappa shape index (κ1) is 13.1. The second-order valence-corrected chi connectivity index (χ2v) is 5.80. The van der Waals surface area contributed by atoms with Crippen molar-refractivity contribution in [3.8, 4) is 0 Å². The van der Waals surface area contributed by atoms with Gasteiger partial charge in [-0.2, -0.15) is 0 Å². The molecule has 1 heterocycles. The first-order chi connectivity index (χ1) is 8.59. The summed E-state index contributed by atoms with van der Waals surface area (Å²) in [5.74, 6) is 0. The van der Waals surface area contributed by atoms with Gasteiger partial charge in [0.15, 0.2) is 0 Å². The van der Waals surface area contributed by atoms with E-state index in [-0.39, 0.29) is 0 Å². The number of nitrogens with two attached hydrogens (primary N) is 1. The average Bonchev–Trinajstić information content (AvgIpc) is 2.74. The zero-order valence-corrected chi connectivity index (χ0v) is 12.0. The zero-order valence-electron chi connectivity index (χ0n) is 11.2. The van der Waals surface area contributed by atoms with E-state index in [4.69, 9.17) is 5.73 Å². The molecule has 0 aliphatic rings. The summed E-state index contributed by atoms with van der Waals surface area (Å²) >= 11 is 1.83. The Morgan fingerprint density at radius 3 is 2.50 bits per heavy atom. The van der Waals surface area contributed by atoms with Crippen LogP contribution in [0.1, 0.15) is 22.0 Å². The number of rotatable bonds is 4. The van der Waals surface area contributed by atoms with Crippen LogP contribution in [0.25, 0.3) is 0 Å². The fraction of sp³-hybridized carbons (Fsp3) is 0.333. The summed E-state index contributed by atoms with van der Waals surface area (Å²) in [6, 6.07) is 10.7. The summed E-state index contributed by atoms with van der Waals surface area (Å²) in [6.45, 7) is 2.18. The van der Waals surface area contributed by atoms with E-state index >= 15 is 0 Å². The van der Waals surface area contributed by atoms with Crippen molar-refractivity contribution >= 4 is 17.0 Å². The highest BCUT2D eigenvalue weighted by Crippen LogP contribution is 2.31. The van der Waals surface area contributed by atoms with Crippen molar-refractivity contribution in [2.24, 2.45) is 0 Å². The van der Waals surface area contributed by atoms with Crippen molar-refractivity contribution in [1.29, 1.82) is 0 Å². The number of benzene rings is 1. The van der Waals surface area contributed by atoms with E-state index in [0.717, 1.165) is 12.1 Å². The van der Waals surface area contributed by atoms with Gasteiger partial charge in [-0.3, -0.25) is 0 Å². The normalized spacial score (nSPS) is 12.9. The lowest BCUT2D eigenvalue weighted by molar-refractivity contribution is 0.301. The summed E-state index contributed by atoms with van der Waals surface area (Å²) in [5.41, 5.74) is 9.53. The van der Waals surface area contributed by atoms with E-state index in [0.29, 0.717) is 6.04 Å². The Morgan fingerprint density at radius 2 is 1.94 bits per heavy atom. The summed E-state index contributed by atoms with van der Waals surface area (Å²) < 4.78 is 0. The Labute approximate surface area is 113 Å². The van der Waals surface area contributed by atoms with Gasteiger partial charge in [0.05, 0.1) is 0 Å². The maximum Gasteiger partial charge on any atom is 0.0479 e.